The molecule has 0 unspecified atom stereocenters. The molecule has 0 amide bonds. The fourth-order valence-corrected chi connectivity index (χ4v) is 4.63. The number of nitrogens with two attached hydrogens (primary N) is 1. The number of esters is 2. The first-order valence-electron chi connectivity index (χ1n) is 16.9. The number of hydrogen-bond acceptors (Lipinski definition) is 18. The summed E-state index contributed by atoms with van der Waals surface area (Å²) in [5.74, 6) is 5.52. The number of aryl methyl sites for hydroxylation is 8. The average molecular weight is 817 g/mol. The molecule has 0 aliphatic carbocycles. The van der Waals surface area contributed by atoms with Crippen LogP contribution in [0.15, 0.2) is 30.3 Å². The van der Waals surface area contributed by atoms with Gasteiger partial charge in [0.15, 0.2) is 23.0 Å². The Hall–Kier alpha value is -6.31. The second kappa shape index (κ2) is 25.8. The monoisotopic (exact) mass is 816 g/mol. The SMILES string of the molecule is CCOC(=O)C(=O)CC(C)=O.COC(=O)c1cc(C)n(-c2cc(C)nc(C)n2)n1.Cc1cc(-n2nc(C(=O)O)cc2C)nc(C)n1.Cc1cc(NN)nc(C)n1.O.[Li+].[OH-]. The fourth-order valence-electron chi connectivity index (χ4n) is 4.63. The van der Waals surface area contributed by atoms with Crippen molar-refractivity contribution in [3.8, 4) is 11.6 Å². The molecule has 0 atom stereocenters. The van der Waals surface area contributed by atoms with Gasteiger partial charge >= 0.3 is 36.8 Å². The van der Waals surface area contributed by atoms with E-state index in [-0.39, 0.29) is 60.0 Å². The quantitative estimate of drug-likeness (QED) is 0.0407. The van der Waals surface area contributed by atoms with Crippen molar-refractivity contribution in [2.45, 2.75) is 75.7 Å². The van der Waals surface area contributed by atoms with Crippen molar-refractivity contribution >= 4 is 35.3 Å². The maximum atomic E-state index is 11.4. The van der Waals surface area contributed by atoms with Crippen molar-refractivity contribution in [2.75, 3.05) is 19.1 Å². The van der Waals surface area contributed by atoms with Crippen LogP contribution in [0.2, 0.25) is 0 Å². The Bertz CT molecular complexity index is 2150. The Balaban J connectivity index is 0. The summed E-state index contributed by atoms with van der Waals surface area (Å²) in [7, 11) is 1.33. The van der Waals surface area contributed by atoms with Crippen molar-refractivity contribution in [2.24, 2.45) is 5.84 Å². The molecule has 5 aromatic heterocycles. The van der Waals surface area contributed by atoms with Crippen LogP contribution in [0.25, 0.3) is 11.6 Å². The number of nitrogens with one attached hydrogen (secondary N) is 1. The van der Waals surface area contributed by atoms with Crippen LogP contribution in [0.3, 0.4) is 0 Å². The van der Waals surface area contributed by atoms with Gasteiger partial charge in [-0.2, -0.15) is 10.2 Å². The standard InChI is InChI=1S/C12H14N4O2.C11H12N4O2.C7H10O4.C6H10N4.Li.2H2O/c1-7-5-11(14-9(3)13-7)16-8(2)6-10(15-16)12(17)18-4;1-6-4-10(13-8(3)12-6)15-7(2)5-9(14-15)11(16)17;1-3-11-7(10)6(9)4-5(2)8;1-4-3-6(10-7)9-5(2)8-4;;;/h5-6H,1-4H3;4-5H,1-3H3,(H,16,17);3-4H2,1-2H3;3H,7H2,1-2H3,(H,8,9,10);;2*1H2/q;;;;+1;;/p-1. The van der Waals surface area contributed by atoms with Crippen molar-refractivity contribution in [3.63, 3.8) is 0 Å². The summed E-state index contributed by atoms with van der Waals surface area (Å²) in [5.41, 5.74) is 6.86. The number of hydrogen-bond donors (Lipinski definition) is 3. The van der Waals surface area contributed by atoms with E-state index in [1.54, 1.807) is 43.7 Å². The number of carboxylic acids is 1. The largest absolute Gasteiger partial charge is 1.00 e. The van der Waals surface area contributed by atoms with E-state index in [0.717, 1.165) is 34.3 Å². The minimum Gasteiger partial charge on any atom is -0.870 e. The van der Waals surface area contributed by atoms with Gasteiger partial charge in [-0.15, -0.1) is 0 Å². The molecule has 0 fully saturated rings. The molecule has 5 aromatic rings. The Morgan fingerprint density at radius 3 is 1.49 bits per heavy atom. The van der Waals surface area contributed by atoms with Gasteiger partial charge in [0.25, 0.3) is 0 Å². The van der Waals surface area contributed by atoms with E-state index in [1.165, 1.54) is 24.8 Å². The first-order valence-corrected chi connectivity index (χ1v) is 16.9. The van der Waals surface area contributed by atoms with E-state index in [4.69, 9.17) is 10.9 Å². The molecule has 5 rings (SSSR count). The minimum atomic E-state index is -1.05. The number of hydrazine groups is 1. The second-order valence-corrected chi connectivity index (χ2v) is 11.9. The molecule has 0 saturated heterocycles. The molecule has 0 radical (unpaired) electrons. The van der Waals surface area contributed by atoms with Gasteiger partial charge in [-0.3, -0.25) is 9.59 Å². The second-order valence-electron chi connectivity index (χ2n) is 11.9. The third-order valence-electron chi connectivity index (χ3n) is 6.75. The number of aromatic nitrogens is 10. The maximum Gasteiger partial charge on any atom is 1.00 e. The van der Waals surface area contributed by atoms with Gasteiger partial charge in [-0.05, 0) is 81.4 Å². The minimum absolute atomic E-state index is 0. The number of Topliss-reactive ketones (excluding diaryl/α,β-unsaturated/α-hetero) is 2. The topological polar surface area (TPSA) is 337 Å². The third kappa shape index (κ3) is 17.8. The summed E-state index contributed by atoms with van der Waals surface area (Å²) in [6, 6.07) is 8.54. The third-order valence-corrected chi connectivity index (χ3v) is 6.75. The zero-order valence-corrected chi connectivity index (χ0v) is 35.1. The van der Waals surface area contributed by atoms with Crippen molar-refractivity contribution in [1.29, 1.82) is 0 Å². The zero-order chi connectivity index (χ0) is 42.3. The van der Waals surface area contributed by atoms with Gasteiger partial charge < -0.3 is 31.0 Å². The van der Waals surface area contributed by atoms with Gasteiger partial charge in [0.2, 0.25) is 5.78 Å². The van der Waals surface area contributed by atoms with E-state index in [9.17, 15) is 24.0 Å². The first kappa shape index (κ1) is 54.8. The number of aromatic carboxylic acids is 1. The van der Waals surface area contributed by atoms with Crippen LogP contribution in [-0.2, 0) is 23.9 Å². The number of anilines is 1. The van der Waals surface area contributed by atoms with E-state index in [2.05, 4.69) is 55.0 Å². The summed E-state index contributed by atoms with van der Waals surface area (Å²) in [6.07, 6.45) is -0.362. The van der Waals surface area contributed by atoms with E-state index < -0.39 is 23.7 Å². The summed E-state index contributed by atoms with van der Waals surface area (Å²) in [4.78, 5) is 78.8. The number of carboxylic acid groups (broad SMARTS) is 1. The molecular weight excluding hydrogens is 767 g/mol. The van der Waals surface area contributed by atoms with Crippen LogP contribution in [0.5, 0.6) is 0 Å². The molecule has 314 valence electrons. The number of carbonyl (C=O) groups excluding carboxylic acids is 4. The molecule has 23 heteroatoms. The average Bonchev–Trinajstić information content (AvgIpc) is 3.70. The van der Waals surface area contributed by atoms with Gasteiger partial charge in [-0.1, -0.05) is 0 Å². The van der Waals surface area contributed by atoms with E-state index in [1.807, 2.05) is 47.6 Å². The molecule has 0 spiro atoms. The number of ketones is 2. The van der Waals surface area contributed by atoms with Crippen molar-refractivity contribution < 1.29 is 68.4 Å². The van der Waals surface area contributed by atoms with Crippen LogP contribution < -0.4 is 30.1 Å². The summed E-state index contributed by atoms with van der Waals surface area (Å²) in [5, 5.41) is 17.0. The van der Waals surface area contributed by atoms with Gasteiger partial charge in [0.05, 0.1) is 20.1 Å². The summed E-state index contributed by atoms with van der Waals surface area (Å²) >= 11 is 0. The van der Waals surface area contributed by atoms with Gasteiger partial charge in [0.1, 0.15) is 29.1 Å². The Labute approximate surface area is 352 Å². The van der Waals surface area contributed by atoms with E-state index in [0.29, 0.717) is 29.1 Å². The van der Waals surface area contributed by atoms with Crippen LogP contribution >= 0.6 is 0 Å². The fraction of sp³-hybridized carbons (Fsp3) is 0.361. The number of methoxy groups -OCH3 is 1. The molecule has 22 nitrogen and oxygen atoms in total. The predicted molar refractivity (Wildman–Crippen MR) is 207 cm³/mol. The van der Waals surface area contributed by atoms with E-state index >= 15 is 0 Å². The molecule has 59 heavy (non-hydrogen) atoms. The van der Waals surface area contributed by atoms with Gasteiger partial charge in [0, 0.05) is 46.7 Å². The predicted octanol–water partition coefficient (Wildman–Crippen LogP) is -0.861. The molecule has 0 aliphatic heterocycles. The van der Waals surface area contributed by atoms with Crippen LogP contribution in [-0.4, -0.2) is 109 Å². The number of nitrogen functional groups attached to an aromatic ring is 1. The van der Waals surface area contributed by atoms with Crippen molar-refractivity contribution in [1.82, 2.24) is 49.5 Å². The molecule has 0 aliphatic rings. The number of carbonyl (C=O) groups is 5. The van der Waals surface area contributed by atoms with Crippen molar-refractivity contribution in [3.05, 3.63) is 87.7 Å². The molecule has 0 saturated carbocycles. The summed E-state index contributed by atoms with van der Waals surface area (Å²) in [6.45, 7) is 17.7. The maximum absolute atomic E-state index is 11.4. The van der Waals surface area contributed by atoms with Crippen LogP contribution in [0.4, 0.5) is 5.82 Å². The molecule has 7 N–H and O–H groups in total. The number of rotatable bonds is 9. The summed E-state index contributed by atoms with van der Waals surface area (Å²) < 4.78 is 12.1. The Kier molecular flexibility index (Phi) is 24.0. The number of ether oxygens (including phenoxy) is 2. The van der Waals surface area contributed by atoms with Gasteiger partial charge in [-0.25, -0.2) is 59.5 Å². The van der Waals surface area contributed by atoms with Crippen LogP contribution in [0, 0.1) is 55.4 Å². The molecular formula is C36H49LiN12O10. The number of nitrogens with zero attached hydrogens (tertiary/aromatic N) is 10. The Morgan fingerprint density at radius 1 is 0.712 bits per heavy atom. The zero-order valence-electron chi connectivity index (χ0n) is 35.1. The molecule has 0 aromatic carbocycles. The Morgan fingerprint density at radius 2 is 1.14 bits per heavy atom. The first-order chi connectivity index (χ1) is 26.3. The smallest absolute Gasteiger partial charge is 0.870 e. The molecule has 5 heterocycles. The molecule has 0 bridgehead atoms. The van der Waals surface area contributed by atoms with Crippen LogP contribution in [0.1, 0.15) is 87.2 Å². The normalized spacial score (nSPS) is 9.49.